The van der Waals surface area contributed by atoms with Gasteiger partial charge in [0.05, 0.1) is 0 Å². The van der Waals surface area contributed by atoms with E-state index in [1.165, 1.54) is 6.33 Å². The quantitative estimate of drug-likeness (QED) is 0.741. The number of nitrogens with zero attached hydrogens (tertiary/aromatic N) is 4. The van der Waals surface area contributed by atoms with E-state index < -0.39 is 5.97 Å². The average Bonchev–Trinajstić information content (AvgIpc) is 2.71. The first kappa shape index (κ1) is 11.3. The molecule has 0 amide bonds. The van der Waals surface area contributed by atoms with Gasteiger partial charge in [0, 0.05) is 24.7 Å². The van der Waals surface area contributed by atoms with E-state index in [9.17, 15) is 4.79 Å². The van der Waals surface area contributed by atoms with Gasteiger partial charge in [0.1, 0.15) is 12.1 Å². The van der Waals surface area contributed by atoms with Crippen LogP contribution in [-0.4, -0.2) is 37.2 Å². The number of hydrogen-bond acceptors (Lipinski definition) is 5. The topological polar surface area (TPSA) is 92.4 Å². The van der Waals surface area contributed by atoms with Crippen LogP contribution in [0.4, 0.5) is 5.82 Å². The van der Waals surface area contributed by atoms with Crippen molar-refractivity contribution in [1.29, 1.82) is 0 Å². The lowest BCUT2D eigenvalue weighted by molar-refractivity contribution is -0.137. The maximum absolute atomic E-state index is 10.4. The molecule has 2 rings (SSSR count). The molecule has 2 aromatic heterocycles. The third-order valence-electron chi connectivity index (χ3n) is 2.25. The fraction of sp³-hybridized carbons (Fsp3) is 0.400. The number of carbonyl (C=O) groups is 1. The minimum atomic E-state index is -0.788. The molecule has 90 valence electrons. The monoisotopic (exact) mass is 235 g/mol. The Bertz CT molecular complexity index is 536. The van der Waals surface area contributed by atoms with Crippen molar-refractivity contribution >= 4 is 17.6 Å². The highest BCUT2D eigenvalue weighted by atomic mass is 16.4. The van der Waals surface area contributed by atoms with Crippen molar-refractivity contribution < 1.29 is 9.90 Å². The Hall–Kier alpha value is -2.18. The number of aliphatic carboxylic acids is 1. The van der Waals surface area contributed by atoms with Crippen LogP contribution in [0.25, 0.3) is 5.78 Å². The van der Waals surface area contributed by atoms with Crippen LogP contribution in [0.15, 0.2) is 12.4 Å². The molecule has 0 atom stereocenters. The summed E-state index contributed by atoms with van der Waals surface area (Å²) in [5, 5.41) is 15.7. The predicted octanol–water partition coefficient (Wildman–Crippen LogP) is 0.709. The summed E-state index contributed by atoms with van der Waals surface area (Å²) in [6.45, 7) is 2.45. The van der Waals surface area contributed by atoms with Gasteiger partial charge < -0.3 is 10.4 Å². The molecule has 7 heteroatoms. The van der Waals surface area contributed by atoms with E-state index in [1.54, 1.807) is 4.52 Å². The highest BCUT2D eigenvalue weighted by molar-refractivity contribution is 5.66. The molecule has 17 heavy (non-hydrogen) atoms. The van der Waals surface area contributed by atoms with Crippen LogP contribution in [0.2, 0.25) is 0 Å². The lowest BCUT2D eigenvalue weighted by atomic mass is 10.3. The summed E-state index contributed by atoms with van der Waals surface area (Å²) in [7, 11) is 0. The van der Waals surface area contributed by atoms with Crippen molar-refractivity contribution in [3.8, 4) is 0 Å². The van der Waals surface area contributed by atoms with Gasteiger partial charge in [0.15, 0.2) is 0 Å². The number of carboxylic acids is 1. The van der Waals surface area contributed by atoms with Gasteiger partial charge in [0.25, 0.3) is 5.78 Å². The van der Waals surface area contributed by atoms with E-state index in [0.717, 1.165) is 11.5 Å². The molecule has 0 aromatic carbocycles. The summed E-state index contributed by atoms with van der Waals surface area (Å²) < 4.78 is 1.59. The number of nitrogens with one attached hydrogen (secondary N) is 1. The van der Waals surface area contributed by atoms with Crippen LogP contribution in [0, 0.1) is 6.92 Å². The van der Waals surface area contributed by atoms with Crippen LogP contribution < -0.4 is 5.32 Å². The van der Waals surface area contributed by atoms with E-state index in [-0.39, 0.29) is 6.42 Å². The smallest absolute Gasteiger partial charge is 0.303 e. The minimum absolute atomic E-state index is 0.150. The number of aromatic nitrogens is 4. The van der Waals surface area contributed by atoms with Crippen LogP contribution >= 0.6 is 0 Å². The first-order valence-corrected chi connectivity index (χ1v) is 5.30. The van der Waals surface area contributed by atoms with Crippen LogP contribution in [0.1, 0.15) is 18.5 Å². The molecule has 0 unspecified atom stereocenters. The molecular weight excluding hydrogens is 222 g/mol. The highest BCUT2D eigenvalue weighted by Crippen LogP contribution is 2.09. The number of hydrogen-bond donors (Lipinski definition) is 2. The minimum Gasteiger partial charge on any atom is -0.481 e. The fourth-order valence-electron chi connectivity index (χ4n) is 1.51. The van der Waals surface area contributed by atoms with Gasteiger partial charge in [-0.2, -0.15) is 14.6 Å². The number of fused-ring (bicyclic) bond motifs is 1. The van der Waals surface area contributed by atoms with E-state index in [0.29, 0.717) is 18.7 Å². The van der Waals surface area contributed by atoms with Gasteiger partial charge in [-0.25, -0.2) is 4.98 Å². The standard InChI is InChI=1S/C10H13N5O2/c1-7-5-8(11-4-2-3-9(16)17)15-10(14-7)12-6-13-15/h5-6,11H,2-4H2,1H3,(H,16,17). The van der Waals surface area contributed by atoms with Crippen molar-refractivity contribution in [2.75, 3.05) is 11.9 Å². The van der Waals surface area contributed by atoms with E-state index in [2.05, 4.69) is 20.4 Å². The highest BCUT2D eigenvalue weighted by Gasteiger charge is 2.05. The summed E-state index contributed by atoms with van der Waals surface area (Å²) in [6, 6.07) is 1.85. The molecule has 0 aliphatic rings. The van der Waals surface area contributed by atoms with Crippen LogP contribution in [0.3, 0.4) is 0 Å². The van der Waals surface area contributed by atoms with E-state index in [4.69, 9.17) is 5.11 Å². The van der Waals surface area contributed by atoms with Gasteiger partial charge in [-0.1, -0.05) is 0 Å². The van der Waals surface area contributed by atoms with Crippen LogP contribution in [0.5, 0.6) is 0 Å². The lowest BCUT2D eigenvalue weighted by Crippen LogP contribution is -2.09. The van der Waals surface area contributed by atoms with E-state index >= 15 is 0 Å². The number of aryl methyl sites for hydroxylation is 1. The second kappa shape index (κ2) is 4.77. The molecule has 0 saturated carbocycles. The molecule has 0 saturated heterocycles. The van der Waals surface area contributed by atoms with Crippen molar-refractivity contribution in [2.24, 2.45) is 0 Å². The Morgan fingerprint density at radius 1 is 1.59 bits per heavy atom. The molecule has 2 heterocycles. The largest absolute Gasteiger partial charge is 0.481 e. The first-order valence-electron chi connectivity index (χ1n) is 5.30. The zero-order valence-corrected chi connectivity index (χ0v) is 9.42. The number of rotatable bonds is 5. The maximum atomic E-state index is 10.4. The second-order valence-corrected chi connectivity index (χ2v) is 3.68. The molecule has 7 nitrogen and oxygen atoms in total. The Kier molecular flexibility index (Phi) is 3.17. The third-order valence-corrected chi connectivity index (χ3v) is 2.25. The molecule has 2 aromatic rings. The molecule has 0 fully saturated rings. The molecule has 0 aliphatic carbocycles. The van der Waals surface area contributed by atoms with Crippen LogP contribution in [-0.2, 0) is 4.79 Å². The normalized spacial score (nSPS) is 10.6. The maximum Gasteiger partial charge on any atom is 0.303 e. The average molecular weight is 235 g/mol. The van der Waals surface area contributed by atoms with Gasteiger partial charge >= 0.3 is 5.97 Å². The molecule has 0 aliphatic heterocycles. The summed E-state index contributed by atoms with van der Waals surface area (Å²) in [5.41, 5.74) is 0.839. The molecule has 0 bridgehead atoms. The zero-order chi connectivity index (χ0) is 12.3. The Morgan fingerprint density at radius 2 is 2.41 bits per heavy atom. The van der Waals surface area contributed by atoms with Gasteiger partial charge in [-0.05, 0) is 13.3 Å². The predicted molar refractivity (Wildman–Crippen MR) is 60.9 cm³/mol. The van der Waals surface area contributed by atoms with Gasteiger partial charge in [-0.15, -0.1) is 0 Å². The zero-order valence-electron chi connectivity index (χ0n) is 9.42. The molecule has 2 N–H and O–H groups in total. The van der Waals surface area contributed by atoms with Crippen molar-refractivity contribution in [1.82, 2.24) is 19.6 Å². The Labute approximate surface area is 97.5 Å². The summed E-state index contributed by atoms with van der Waals surface area (Å²) in [4.78, 5) is 18.6. The van der Waals surface area contributed by atoms with Gasteiger partial charge in [-0.3, -0.25) is 4.79 Å². The SMILES string of the molecule is Cc1cc(NCCCC(=O)O)n2ncnc2n1. The summed E-state index contributed by atoms with van der Waals surface area (Å²) >= 11 is 0. The molecule has 0 radical (unpaired) electrons. The fourth-order valence-corrected chi connectivity index (χ4v) is 1.51. The lowest BCUT2D eigenvalue weighted by Gasteiger charge is -2.07. The Morgan fingerprint density at radius 3 is 3.18 bits per heavy atom. The summed E-state index contributed by atoms with van der Waals surface area (Å²) in [5.74, 6) is 0.518. The molecular formula is C10H13N5O2. The second-order valence-electron chi connectivity index (χ2n) is 3.68. The third kappa shape index (κ3) is 2.68. The van der Waals surface area contributed by atoms with E-state index in [1.807, 2.05) is 13.0 Å². The van der Waals surface area contributed by atoms with Crippen molar-refractivity contribution in [2.45, 2.75) is 19.8 Å². The molecule has 0 spiro atoms. The van der Waals surface area contributed by atoms with Crippen molar-refractivity contribution in [3.05, 3.63) is 18.1 Å². The first-order chi connectivity index (χ1) is 8.16. The van der Waals surface area contributed by atoms with Gasteiger partial charge in [0.2, 0.25) is 0 Å². The number of carboxylic acid groups (broad SMARTS) is 1. The van der Waals surface area contributed by atoms with Crippen molar-refractivity contribution in [3.63, 3.8) is 0 Å². The Balaban J connectivity index is 2.07. The number of anilines is 1. The summed E-state index contributed by atoms with van der Waals surface area (Å²) in [6.07, 6.45) is 2.15.